The average molecular weight is 439 g/mol. The Labute approximate surface area is 183 Å². The summed E-state index contributed by atoms with van der Waals surface area (Å²) in [6.45, 7) is 2.71. The lowest BCUT2D eigenvalue weighted by molar-refractivity contribution is -0.125. The lowest BCUT2D eigenvalue weighted by Gasteiger charge is -2.15. The van der Waals surface area contributed by atoms with Gasteiger partial charge in [-0.1, -0.05) is 43.3 Å². The van der Waals surface area contributed by atoms with E-state index in [0.717, 1.165) is 17.5 Å². The molecule has 7 heteroatoms. The molecule has 0 saturated carbocycles. The maximum absolute atomic E-state index is 12.4. The number of hydrogen-bond acceptors (Lipinski definition) is 4. The van der Waals surface area contributed by atoms with E-state index in [-0.39, 0.29) is 17.3 Å². The number of nitrogens with zero attached hydrogens (tertiary/aromatic N) is 1. The van der Waals surface area contributed by atoms with Gasteiger partial charge < -0.3 is 9.32 Å². The van der Waals surface area contributed by atoms with Crippen LogP contribution in [-0.4, -0.2) is 26.3 Å². The molecule has 0 fully saturated rings. The number of carbonyl (C=O) groups excluding carboxylic acids is 1. The zero-order chi connectivity index (χ0) is 22.3. The van der Waals surface area contributed by atoms with Gasteiger partial charge >= 0.3 is 0 Å². The van der Waals surface area contributed by atoms with Crippen molar-refractivity contribution in [3.63, 3.8) is 0 Å². The van der Waals surface area contributed by atoms with Crippen LogP contribution < -0.4 is 4.72 Å². The molecule has 0 bridgehead atoms. The summed E-state index contributed by atoms with van der Waals surface area (Å²) in [6.07, 6.45) is 5.63. The molecule has 31 heavy (non-hydrogen) atoms. The number of benzene rings is 2. The molecule has 0 aliphatic carbocycles. The first-order valence-corrected chi connectivity index (χ1v) is 11.5. The molecule has 6 nitrogen and oxygen atoms in total. The van der Waals surface area contributed by atoms with Crippen molar-refractivity contribution in [3.05, 3.63) is 95.5 Å². The van der Waals surface area contributed by atoms with Gasteiger partial charge in [-0.25, -0.2) is 13.1 Å². The Morgan fingerprint density at radius 3 is 2.32 bits per heavy atom. The molecule has 1 aromatic heterocycles. The highest BCUT2D eigenvalue weighted by atomic mass is 32.2. The van der Waals surface area contributed by atoms with Crippen LogP contribution in [0.3, 0.4) is 0 Å². The zero-order valence-corrected chi connectivity index (χ0v) is 18.4. The average Bonchev–Trinajstić information content (AvgIpc) is 3.31. The number of carbonyl (C=O) groups is 1. The van der Waals surface area contributed by atoms with E-state index >= 15 is 0 Å². The van der Waals surface area contributed by atoms with Crippen molar-refractivity contribution in [2.75, 3.05) is 7.05 Å². The second-order valence-corrected chi connectivity index (χ2v) is 8.94. The Morgan fingerprint density at radius 2 is 1.71 bits per heavy atom. The highest BCUT2D eigenvalue weighted by molar-refractivity contribution is 7.89. The molecular formula is C24H26N2O4S. The van der Waals surface area contributed by atoms with E-state index < -0.39 is 10.0 Å². The first-order valence-electron chi connectivity index (χ1n) is 10.0. The normalized spacial score (nSPS) is 11.7. The highest BCUT2D eigenvalue weighted by Crippen LogP contribution is 2.13. The molecule has 162 valence electrons. The molecular weight excluding hydrogens is 412 g/mol. The number of amides is 1. The van der Waals surface area contributed by atoms with E-state index in [1.54, 1.807) is 42.3 Å². The number of likely N-dealkylation sites (N-methyl/N-ethyl adjacent to an activating group) is 1. The van der Waals surface area contributed by atoms with Gasteiger partial charge in [0.2, 0.25) is 15.9 Å². The Hall–Kier alpha value is -3.16. The van der Waals surface area contributed by atoms with Crippen molar-refractivity contribution in [1.82, 2.24) is 9.62 Å². The Morgan fingerprint density at radius 1 is 1.03 bits per heavy atom. The van der Waals surface area contributed by atoms with Crippen molar-refractivity contribution in [2.45, 2.75) is 31.3 Å². The third-order valence-corrected chi connectivity index (χ3v) is 6.27. The summed E-state index contributed by atoms with van der Waals surface area (Å²) in [5.41, 5.74) is 3.07. The van der Waals surface area contributed by atoms with E-state index in [4.69, 9.17) is 4.42 Å². The molecule has 0 radical (unpaired) electrons. The minimum Gasteiger partial charge on any atom is -0.468 e. The molecule has 0 unspecified atom stereocenters. The molecule has 0 aliphatic rings. The number of furan rings is 1. The maximum atomic E-state index is 12.4. The van der Waals surface area contributed by atoms with Gasteiger partial charge in [0.15, 0.2) is 0 Å². The molecule has 0 aliphatic heterocycles. The van der Waals surface area contributed by atoms with Crippen LogP contribution in [0.5, 0.6) is 0 Å². The predicted molar refractivity (Wildman–Crippen MR) is 121 cm³/mol. The van der Waals surface area contributed by atoms with Crippen LogP contribution in [0.15, 0.2) is 82.3 Å². The third-order valence-electron chi connectivity index (χ3n) is 4.85. The van der Waals surface area contributed by atoms with Crippen LogP contribution in [0.1, 0.15) is 29.4 Å². The monoisotopic (exact) mass is 438 g/mol. The van der Waals surface area contributed by atoms with Crippen LogP contribution in [-0.2, 0) is 34.3 Å². The van der Waals surface area contributed by atoms with Gasteiger partial charge in [-0.15, -0.1) is 0 Å². The highest BCUT2D eigenvalue weighted by Gasteiger charge is 2.14. The zero-order valence-electron chi connectivity index (χ0n) is 17.6. The van der Waals surface area contributed by atoms with Crippen LogP contribution in [0.25, 0.3) is 6.08 Å². The van der Waals surface area contributed by atoms with Crippen molar-refractivity contribution in [3.8, 4) is 0 Å². The molecule has 0 saturated heterocycles. The molecule has 0 spiro atoms. The van der Waals surface area contributed by atoms with E-state index in [9.17, 15) is 13.2 Å². The van der Waals surface area contributed by atoms with Gasteiger partial charge in [0.1, 0.15) is 5.76 Å². The summed E-state index contributed by atoms with van der Waals surface area (Å²) in [7, 11) is -1.90. The topological polar surface area (TPSA) is 79.6 Å². The van der Waals surface area contributed by atoms with Gasteiger partial charge in [0.25, 0.3) is 0 Å². The van der Waals surface area contributed by atoms with E-state index in [1.807, 2.05) is 12.1 Å². The number of hydrogen-bond donors (Lipinski definition) is 1. The summed E-state index contributed by atoms with van der Waals surface area (Å²) in [6, 6.07) is 17.9. The smallest absolute Gasteiger partial charge is 0.246 e. The Bertz CT molecular complexity index is 1120. The van der Waals surface area contributed by atoms with Crippen LogP contribution in [0, 0.1) is 0 Å². The maximum Gasteiger partial charge on any atom is 0.246 e. The first kappa shape index (κ1) is 22.5. The molecule has 1 heterocycles. The van der Waals surface area contributed by atoms with E-state index in [1.165, 1.54) is 30.0 Å². The number of rotatable bonds is 9. The van der Waals surface area contributed by atoms with Crippen LogP contribution in [0.4, 0.5) is 0 Å². The number of nitrogens with one attached hydrogen (secondary N) is 1. The van der Waals surface area contributed by atoms with Crippen molar-refractivity contribution in [1.29, 1.82) is 0 Å². The van der Waals surface area contributed by atoms with E-state index in [0.29, 0.717) is 12.3 Å². The van der Waals surface area contributed by atoms with E-state index in [2.05, 4.69) is 23.8 Å². The van der Waals surface area contributed by atoms with Crippen LogP contribution >= 0.6 is 0 Å². The second kappa shape index (κ2) is 10.2. The van der Waals surface area contributed by atoms with Gasteiger partial charge in [-0.3, -0.25) is 4.79 Å². The minimum atomic E-state index is -3.65. The molecule has 3 aromatic rings. The fourth-order valence-corrected chi connectivity index (χ4v) is 3.94. The van der Waals surface area contributed by atoms with Gasteiger partial charge in [-0.2, -0.15) is 0 Å². The van der Waals surface area contributed by atoms with Crippen LogP contribution in [0.2, 0.25) is 0 Å². The largest absolute Gasteiger partial charge is 0.468 e. The van der Waals surface area contributed by atoms with Crippen molar-refractivity contribution >= 4 is 22.0 Å². The summed E-state index contributed by atoms with van der Waals surface area (Å²) in [5.74, 6) is 0.406. The predicted octanol–water partition coefficient (Wildman–Crippen LogP) is 3.99. The molecule has 2 aromatic carbocycles. The summed E-state index contributed by atoms with van der Waals surface area (Å²) in [4.78, 5) is 14.2. The Balaban J connectivity index is 1.56. The first-order chi connectivity index (χ1) is 14.9. The lowest BCUT2D eigenvalue weighted by atomic mass is 10.1. The summed E-state index contributed by atoms with van der Waals surface area (Å²) >= 11 is 0. The standard InChI is InChI=1S/C24H26N2O4S/c1-3-19-6-8-21(9-7-19)18-26(2)24(27)15-12-20-10-13-23(14-11-20)31(28,29)25-17-22-5-4-16-30-22/h4-16,25H,3,17-18H2,1-2H3/b15-12+. The van der Waals surface area contributed by atoms with Gasteiger partial charge in [-0.05, 0) is 53.5 Å². The number of sulfonamides is 1. The fraction of sp³-hybridized carbons (Fsp3) is 0.208. The third kappa shape index (κ3) is 6.41. The molecule has 0 atom stereocenters. The quantitative estimate of drug-likeness (QED) is 0.512. The summed E-state index contributed by atoms with van der Waals surface area (Å²) in [5, 5.41) is 0. The van der Waals surface area contributed by atoms with Crippen molar-refractivity contribution in [2.24, 2.45) is 0 Å². The summed E-state index contributed by atoms with van der Waals surface area (Å²) < 4.78 is 32.4. The van der Waals surface area contributed by atoms with Crippen molar-refractivity contribution < 1.29 is 17.6 Å². The Kier molecular flexibility index (Phi) is 7.44. The van der Waals surface area contributed by atoms with Gasteiger partial charge in [0, 0.05) is 19.7 Å². The molecule has 1 N–H and O–H groups in total. The number of aryl methyl sites for hydroxylation is 1. The molecule has 3 rings (SSSR count). The fourth-order valence-electron chi connectivity index (χ4n) is 2.95. The molecule has 1 amide bonds. The minimum absolute atomic E-state index is 0.0823. The SMILES string of the molecule is CCc1ccc(CN(C)C(=O)/C=C/c2ccc(S(=O)(=O)NCc3ccco3)cc2)cc1. The lowest BCUT2D eigenvalue weighted by Crippen LogP contribution is -2.24. The van der Waals surface area contributed by atoms with Gasteiger partial charge in [0.05, 0.1) is 17.7 Å². The second-order valence-electron chi connectivity index (χ2n) is 7.17.